The summed E-state index contributed by atoms with van der Waals surface area (Å²) >= 11 is 0. The Morgan fingerprint density at radius 2 is 1.77 bits per heavy atom. The van der Waals surface area contributed by atoms with Crippen LogP contribution in [-0.2, 0) is 10.3 Å². The first kappa shape index (κ1) is 19.5. The molecule has 31 heavy (non-hydrogen) atoms. The molecule has 2 unspecified atom stereocenters. The fraction of sp³-hybridized carbons (Fsp3) is 0.240. The number of carbonyl (C=O) groups excluding carboxylic acids is 1. The van der Waals surface area contributed by atoms with Gasteiger partial charge in [-0.15, -0.1) is 0 Å². The van der Waals surface area contributed by atoms with Crippen molar-refractivity contribution in [1.29, 1.82) is 0 Å². The average Bonchev–Trinajstić information content (AvgIpc) is 3.35. The van der Waals surface area contributed by atoms with E-state index in [9.17, 15) is 4.79 Å². The molecule has 0 amide bonds. The molecule has 0 fully saturated rings. The van der Waals surface area contributed by atoms with Crippen LogP contribution in [-0.4, -0.2) is 37.6 Å². The standard InChI is InChI=1S/C25H26N4O2/c1-26-16-12-14-24(28-3,15-13-16)25(19-10-6-4-8-17(19)23(30)31-25)21-18-9-5-7-11-20(18)29-22(21)27-2/h4-14,26-29H,15H2,1-3H3. The summed E-state index contributed by atoms with van der Waals surface area (Å²) in [5.41, 5.74) is 2.64. The summed E-state index contributed by atoms with van der Waals surface area (Å²) in [5, 5.41) is 11.1. The number of benzene rings is 2. The van der Waals surface area contributed by atoms with Crippen LogP contribution < -0.4 is 16.0 Å². The Balaban J connectivity index is 1.89. The van der Waals surface area contributed by atoms with Gasteiger partial charge in [-0.1, -0.05) is 48.6 Å². The van der Waals surface area contributed by atoms with E-state index in [0.29, 0.717) is 12.0 Å². The van der Waals surface area contributed by atoms with E-state index in [1.165, 1.54) is 0 Å². The monoisotopic (exact) mass is 414 g/mol. The van der Waals surface area contributed by atoms with Gasteiger partial charge in [-0.3, -0.25) is 0 Å². The first-order valence-electron chi connectivity index (χ1n) is 10.5. The summed E-state index contributed by atoms with van der Waals surface area (Å²) in [5.74, 6) is 0.520. The van der Waals surface area contributed by atoms with Crippen LogP contribution in [0, 0.1) is 0 Å². The van der Waals surface area contributed by atoms with Gasteiger partial charge >= 0.3 is 5.97 Å². The maximum Gasteiger partial charge on any atom is 0.339 e. The van der Waals surface area contributed by atoms with Crippen molar-refractivity contribution < 1.29 is 9.53 Å². The number of aromatic amines is 1. The Hall–Kier alpha value is -3.51. The van der Waals surface area contributed by atoms with E-state index in [1.807, 2.05) is 69.7 Å². The Morgan fingerprint density at radius 1 is 1.00 bits per heavy atom. The highest BCUT2D eigenvalue weighted by atomic mass is 16.6. The number of aromatic nitrogens is 1. The lowest BCUT2D eigenvalue weighted by atomic mass is 9.67. The van der Waals surface area contributed by atoms with E-state index >= 15 is 0 Å². The van der Waals surface area contributed by atoms with Crippen molar-refractivity contribution >= 4 is 22.7 Å². The van der Waals surface area contributed by atoms with Crippen LogP contribution in [0.4, 0.5) is 5.82 Å². The first-order chi connectivity index (χ1) is 15.1. The summed E-state index contributed by atoms with van der Waals surface area (Å²) in [7, 11) is 5.71. The smallest absolute Gasteiger partial charge is 0.339 e. The second-order valence-electron chi connectivity index (χ2n) is 7.96. The molecule has 2 aliphatic rings. The third-order valence-electron chi connectivity index (χ3n) is 6.63. The molecule has 0 bridgehead atoms. The number of para-hydroxylation sites is 1. The van der Waals surface area contributed by atoms with Gasteiger partial charge in [-0.05, 0) is 31.7 Å². The highest BCUT2D eigenvalue weighted by Crippen LogP contribution is 2.55. The lowest BCUT2D eigenvalue weighted by Gasteiger charge is -2.47. The summed E-state index contributed by atoms with van der Waals surface area (Å²) in [6, 6.07) is 15.8. The molecule has 3 aromatic rings. The first-order valence-corrected chi connectivity index (χ1v) is 10.5. The predicted octanol–water partition coefficient (Wildman–Crippen LogP) is 3.65. The van der Waals surface area contributed by atoms with Crippen molar-refractivity contribution in [2.75, 3.05) is 26.5 Å². The summed E-state index contributed by atoms with van der Waals surface area (Å²) < 4.78 is 6.45. The van der Waals surface area contributed by atoms with Crippen molar-refractivity contribution in [3.63, 3.8) is 0 Å². The number of rotatable bonds is 5. The van der Waals surface area contributed by atoms with E-state index in [2.05, 4.69) is 39.2 Å². The Morgan fingerprint density at radius 3 is 2.48 bits per heavy atom. The average molecular weight is 415 g/mol. The van der Waals surface area contributed by atoms with Crippen molar-refractivity contribution in [2.24, 2.45) is 0 Å². The summed E-state index contributed by atoms with van der Waals surface area (Å²) in [6.45, 7) is 0. The number of allylic oxidation sites excluding steroid dienone is 1. The van der Waals surface area contributed by atoms with Gasteiger partial charge in [0.15, 0.2) is 5.60 Å². The van der Waals surface area contributed by atoms with Gasteiger partial charge in [0, 0.05) is 36.3 Å². The molecule has 158 valence electrons. The second-order valence-corrected chi connectivity index (χ2v) is 7.96. The molecule has 6 nitrogen and oxygen atoms in total. The molecular formula is C25H26N4O2. The largest absolute Gasteiger partial charge is 0.443 e. The third-order valence-corrected chi connectivity index (χ3v) is 6.63. The number of hydrogen-bond donors (Lipinski definition) is 4. The second kappa shape index (κ2) is 7.03. The summed E-state index contributed by atoms with van der Waals surface area (Å²) in [4.78, 5) is 16.7. The molecule has 0 saturated carbocycles. The number of anilines is 1. The van der Waals surface area contributed by atoms with Gasteiger partial charge in [-0.25, -0.2) is 4.79 Å². The van der Waals surface area contributed by atoms with E-state index in [-0.39, 0.29) is 5.97 Å². The summed E-state index contributed by atoms with van der Waals surface area (Å²) in [6.07, 6.45) is 6.95. The fourth-order valence-electron chi connectivity index (χ4n) is 5.10. The van der Waals surface area contributed by atoms with E-state index < -0.39 is 11.1 Å². The fourth-order valence-corrected chi connectivity index (χ4v) is 5.10. The van der Waals surface area contributed by atoms with Gasteiger partial charge in [0.25, 0.3) is 0 Å². The number of cyclic esters (lactones) is 1. The minimum absolute atomic E-state index is 0.311. The number of likely N-dealkylation sites (N-methyl/N-ethyl adjacent to an activating group) is 2. The van der Waals surface area contributed by atoms with E-state index in [1.54, 1.807) is 0 Å². The number of carbonyl (C=O) groups is 1. The lowest BCUT2D eigenvalue weighted by molar-refractivity contribution is -0.0234. The molecule has 4 N–H and O–H groups in total. The lowest BCUT2D eigenvalue weighted by Crippen LogP contribution is -2.60. The van der Waals surface area contributed by atoms with Crippen molar-refractivity contribution in [3.8, 4) is 0 Å². The minimum atomic E-state index is -1.07. The van der Waals surface area contributed by atoms with Crippen LogP contribution in [0.3, 0.4) is 0 Å². The van der Waals surface area contributed by atoms with Crippen LogP contribution in [0.15, 0.2) is 72.5 Å². The van der Waals surface area contributed by atoms with Gasteiger partial charge in [-0.2, -0.15) is 0 Å². The molecule has 1 aromatic heterocycles. The predicted molar refractivity (Wildman–Crippen MR) is 123 cm³/mol. The topological polar surface area (TPSA) is 78.2 Å². The molecule has 0 saturated heterocycles. The van der Waals surface area contributed by atoms with Crippen molar-refractivity contribution in [2.45, 2.75) is 17.6 Å². The Kier molecular flexibility index (Phi) is 4.41. The maximum atomic E-state index is 13.2. The highest BCUT2D eigenvalue weighted by molar-refractivity contribution is 5.99. The molecule has 2 atom stereocenters. The molecular weight excluding hydrogens is 388 g/mol. The zero-order chi connectivity index (χ0) is 21.6. The number of fused-ring (bicyclic) bond motifs is 2. The molecule has 0 spiro atoms. The molecule has 6 heteroatoms. The Labute approximate surface area is 181 Å². The normalized spacial score (nSPS) is 24.6. The quantitative estimate of drug-likeness (QED) is 0.480. The number of esters is 1. The van der Waals surface area contributed by atoms with Gasteiger partial charge < -0.3 is 25.7 Å². The van der Waals surface area contributed by atoms with Crippen LogP contribution >= 0.6 is 0 Å². The molecule has 5 rings (SSSR count). The van der Waals surface area contributed by atoms with E-state index in [0.717, 1.165) is 33.5 Å². The molecule has 2 heterocycles. The highest BCUT2D eigenvalue weighted by Gasteiger charge is 2.61. The van der Waals surface area contributed by atoms with Gasteiger partial charge in [0.2, 0.25) is 0 Å². The van der Waals surface area contributed by atoms with Crippen LogP contribution in [0.1, 0.15) is 27.9 Å². The van der Waals surface area contributed by atoms with Crippen molar-refractivity contribution in [3.05, 3.63) is 89.1 Å². The van der Waals surface area contributed by atoms with Crippen LogP contribution in [0.2, 0.25) is 0 Å². The number of ether oxygens (including phenoxy) is 1. The SMILES string of the molecule is CNC1=CCC(NC)(C2(c3c(NC)[nH]c4ccccc34)OC(=O)c3ccccc32)C=C1. The third kappa shape index (κ3) is 2.51. The number of nitrogens with one attached hydrogen (secondary N) is 4. The molecule has 1 aliphatic carbocycles. The zero-order valence-electron chi connectivity index (χ0n) is 17.9. The Bertz CT molecular complexity index is 1240. The molecule has 0 radical (unpaired) electrons. The van der Waals surface area contributed by atoms with Crippen molar-refractivity contribution in [1.82, 2.24) is 15.6 Å². The number of hydrogen-bond acceptors (Lipinski definition) is 5. The van der Waals surface area contributed by atoms with E-state index in [4.69, 9.17) is 4.74 Å². The molecule has 2 aromatic carbocycles. The zero-order valence-corrected chi connectivity index (χ0v) is 17.9. The minimum Gasteiger partial charge on any atom is -0.443 e. The maximum absolute atomic E-state index is 13.2. The van der Waals surface area contributed by atoms with Crippen LogP contribution in [0.5, 0.6) is 0 Å². The van der Waals surface area contributed by atoms with Gasteiger partial charge in [0.1, 0.15) is 5.82 Å². The number of H-pyrrole nitrogens is 1. The van der Waals surface area contributed by atoms with Gasteiger partial charge in [0.05, 0.1) is 16.7 Å². The molecule has 1 aliphatic heterocycles. The van der Waals surface area contributed by atoms with Crippen LogP contribution in [0.25, 0.3) is 10.9 Å².